The molecule has 1 aromatic rings. The summed E-state index contributed by atoms with van der Waals surface area (Å²) in [6.07, 6.45) is 6.10. The van der Waals surface area contributed by atoms with Gasteiger partial charge in [0.2, 0.25) is 0 Å². The lowest BCUT2D eigenvalue weighted by Gasteiger charge is -2.43. The molecule has 8 nitrogen and oxygen atoms in total. The zero-order valence-corrected chi connectivity index (χ0v) is 19.7. The van der Waals surface area contributed by atoms with Gasteiger partial charge >= 0.3 is 12.1 Å². The minimum Gasteiger partial charge on any atom is -0.480 e. The third kappa shape index (κ3) is 6.58. The van der Waals surface area contributed by atoms with Crippen molar-refractivity contribution in [2.24, 2.45) is 5.92 Å². The Morgan fingerprint density at radius 2 is 2.03 bits per heavy atom. The zero-order valence-electron chi connectivity index (χ0n) is 19.7. The van der Waals surface area contributed by atoms with Crippen molar-refractivity contribution in [2.45, 2.75) is 89.9 Å². The quantitative estimate of drug-likeness (QED) is 0.526. The lowest BCUT2D eigenvalue weighted by Crippen LogP contribution is -2.49. The number of alkyl carbamates (subject to hydrolysis) is 1. The Labute approximate surface area is 190 Å². The number of nitrogens with zero attached hydrogens (tertiary/aromatic N) is 1. The van der Waals surface area contributed by atoms with Crippen LogP contribution in [-0.2, 0) is 27.1 Å². The molecule has 1 saturated carbocycles. The van der Waals surface area contributed by atoms with Crippen molar-refractivity contribution in [2.75, 3.05) is 18.5 Å². The van der Waals surface area contributed by atoms with Crippen molar-refractivity contribution < 1.29 is 24.2 Å². The van der Waals surface area contributed by atoms with Crippen LogP contribution in [0, 0.1) is 5.92 Å². The largest absolute Gasteiger partial charge is 0.480 e. The fraction of sp³-hybridized carbons (Fsp3) is 0.708. The Kier molecular flexibility index (Phi) is 7.64. The van der Waals surface area contributed by atoms with Gasteiger partial charge in [0.25, 0.3) is 0 Å². The van der Waals surface area contributed by atoms with Crippen molar-refractivity contribution in [3.05, 3.63) is 23.5 Å². The molecule has 32 heavy (non-hydrogen) atoms. The van der Waals surface area contributed by atoms with E-state index in [-0.39, 0.29) is 12.2 Å². The summed E-state index contributed by atoms with van der Waals surface area (Å²) in [5.41, 5.74) is 2.43. The molecular weight excluding hydrogens is 410 g/mol. The molecule has 0 spiro atoms. The standard InChI is InChI=1S/C24H37N3O5/c1-16(20(21(28)29)27-22(30)32-23(2,3)4)15-31-24(11-6-12-24)13-10-17-8-9-18-19(26-17)7-5-14-25-18/h8-9,16,20,25H,5-7,10-15H2,1-4H3,(H,27,30)(H,28,29)/t16-,20+/m1/s1. The second kappa shape index (κ2) is 10.1. The summed E-state index contributed by atoms with van der Waals surface area (Å²) in [6, 6.07) is 3.13. The van der Waals surface area contributed by atoms with Crippen molar-refractivity contribution in [1.82, 2.24) is 10.3 Å². The maximum Gasteiger partial charge on any atom is 0.408 e. The number of carbonyl (C=O) groups is 2. The first kappa shape index (κ1) is 24.3. The van der Waals surface area contributed by atoms with Crippen molar-refractivity contribution >= 4 is 17.7 Å². The number of nitrogens with one attached hydrogen (secondary N) is 2. The highest BCUT2D eigenvalue weighted by Gasteiger charge is 2.39. The molecule has 178 valence electrons. The summed E-state index contributed by atoms with van der Waals surface area (Å²) in [5, 5.41) is 15.5. The van der Waals surface area contributed by atoms with Gasteiger partial charge in [-0.05, 0) is 77.8 Å². The van der Waals surface area contributed by atoms with Gasteiger partial charge in [0.15, 0.2) is 0 Å². The second-order valence-electron chi connectivity index (χ2n) is 10.1. The fourth-order valence-corrected chi connectivity index (χ4v) is 4.20. The summed E-state index contributed by atoms with van der Waals surface area (Å²) in [5.74, 6) is -1.49. The molecule has 3 rings (SSSR count). The number of fused-ring (bicyclic) bond motifs is 1. The first-order valence-corrected chi connectivity index (χ1v) is 11.7. The number of aromatic nitrogens is 1. The van der Waals surface area contributed by atoms with Crippen LogP contribution in [0.1, 0.15) is 71.2 Å². The number of amides is 1. The number of aryl methyl sites for hydroxylation is 2. The molecular formula is C24H37N3O5. The molecule has 1 amide bonds. The van der Waals surface area contributed by atoms with Gasteiger partial charge in [-0.2, -0.15) is 0 Å². The molecule has 2 aliphatic rings. The lowest BCUT2D eigenvalue weighted by atomic mass is 9.76. The van der Waals surface area contributed by atoms with E-state index >= 15 is 0 Å². The highest BCUT2D eigenvalue weighted by molar-refractivity contribution is 5.80. The maximum absolute atomic E-state index is 12.1. The first-order valence-electron chi connectivity index (χ1n) is 11.7. The van der Waals surface area contributed by atoms with Gasteiger partial charge in [-0.25, -0.2) is 9.59 Å². The van der Waals surface area contributed by atoms with E-state index in [2.05, 4.69) is 22.8 Å². The van der Waals surface area contributed by atoms with E-state index < -0.39 is 29.6 Å². The van der Waals surface area contributed by atoms with Crippen LogP contribution in [0.15, 0.2) is 12.1 Å². The number of hydrogen-bond acceptors (Lipinski definition) is 6. The van der Waals surface area contributed by atoms with E-state index in [1.54, 1.807) is 27.7 Å². The Morgan fingerprint density at radius 3 is 2.66 bits per heavy atom. The molecule has 3 N–H and O–H groups in total. The monoisotopic (exact) mass is 447 g/mol. The normalized spacial score (nSPS) is 19.0. The molecule has 1 aromatic heterocycles. The number of pyridine rings is 1. The number of rotatable bonds is 9. The second-order valence-corrected chi connectivity index (χ2v) is 10.1. The number of carboxylic acids is 1. The van der Waals surface area contributed by atoms with E-state index in [4.69, 9.17) is 14.5 Å². The Balaban J connectivity index is 1.53. The maximum atomic E-state index is 12.1. The number of anilines is 1. The molecule has 1 aliphatic heterocycles. The van der Waals surface area contributed by atoms with Crippen LogP contribution in [-0.4, -0.2) is 52.5 Å². The number of aliphatic carboxylic acids is 1. The minimum atomic E-state index is -1.10. The van der Waals surface area contributed by atoms with E-state index in [1.807, 2.05) is 0 Å². The Morgan fingerprint density at radius 1 is 1.28 bits per heavy atom. The van der Waals surface area contributed by atoms with E-state index in [0.717, 1.165) is 68.6 Å². The van der Waals surface area contributed by atoms with Crippen LogP contribution in [0.2, 0.25) is 0 Å². The topological polar surface area (TPSA) is 110 Å². The van der Waals surface area contributed by atoms with Gasteiger partial charge in [-0.1, -0.05) is 6.92 Å². The van der Waals surface area contributed by atoms with Crippen LogP contribution in [0.5, 0.6) is 0 Å². The minimum absolute atomic E-state index is 0.237. The lowest BCUT2D eigenvalue weighted by molar-refractivity contribution is -0.145. The molecule has 0 aromatic carbocycles. The molecule has 0 bridgehead atoms. The summed E-state index contributed by atoms with van der Waals surface area (Å²) in [7, 11) is 0. The fourth-order valence-electron chi connectivity index (χ4n) is 4.20. The first-order chi connectivity index (χ1) is 15.1. The molecule has 8 heteroatoms. The highest BCUT2D eigenvalue weighted by Crippen LogP contribution is 2.40. The molecule has 0 radical (unpaired) electrons. The van der Waals surface area contributed by atoms with Crippen LogP contribution in [0.4, 0.5) is 10.5 Å². The molecule has 2 heterocycles. The molecule has 1 fully saturated rings. The Hall–Kier alpha value is -2.35. The van der Waals surface area contributed by atoms with Crippen LogP contribution in [0.3, 0.4) is 0 Å². The summed E-state index contributed by atoms with van der Waals surface area (Å²) in [6.45, 7) is 8.26. The van der Waals surface area contributed by atoms with Crippen LogP contribution in [0.25, 0.3) is 0 Å². The highest BCUT2D eigenvalue weighted by atomic mass is 16.6. The van der Waals surface area contributed by atoms with E-state index in [9.17, 15) is 14.7 Å². The summed E-state index contributed by atoms with van der Waals surface area (Å²) < 4.78 is 11.5. The van der Waals surface area contributed by atoms with Gasteiger partial charge in [-0.15, -0.1) is 0 Å². The smallest absolute Gasteiger partial charge is 0.408 e. The van der Waals surface area contributed by atoms with Gasteiger partial charge < -0.3 is 25.2 Å². The Bertz CT molecular complexity index is 816. The van der Waals surface area contributed by atoms with Crippen LogP contribution < -0.4 is 10.6 Å². The van der Waals surface area contributed by atoms with Gasteiger partial charge in [-0.3, -0.25) is 4.98 Å². The van der Waals surface area contributed by atoms with Gasteiger partial charge in [0.05, 0.1) is 23.6 Å². The SMILES string of the molecule is C[C@H](COC1(CCc2ccc3c(n2)CCCN3)CCC1)[C@H](NC(=O)OC(C)(C)C)C(=O)O. The number of hydrogen-bond donors (Lipinski definition) is 3. The third-order valence-electron chi connectivity index (χ3n) is 6.20. The zero-order chi connectivity index (χ0) is 23.4. The van der Waals surface area contributed by atoms with Crippen molar-refractivity contribution in [1.29, 1.82) is 0 Å². The molecule has 0 saturated heterocycles. The van der Waals surface area contributed by atoms with Gasteiger partial charge in [0, 0.05) is 18.2 Å². The third-order valence-corrected chi connectivity index (χ3v) is 6.20. The average molecular weight is 448 g/mol. The average Bonchev–Trinajstić information content (AvgIpc) is 2.69. The number of ether oxygens (including phenoxy) is 2. The van der Waals surface area contributed by atoms with Crippen molar-refractivity contribution in [3.8, 4) is 0 Å². The molecule has 0 unspecified atom stereocenters. The van der Waals surface area contributed by atoms with Gasteiger partial charge in [0.1, 0.15) is 11.6 Å². The number of carboxylic acid groups (broad SMARTS) is 1. The number of carbonyl (C=O) groups excluding carboxylic acids is 1. The van der Waals surface area contributed by atoms with Crippen molar-refractivity contribution in [3.63, 3.8) is 0 Å². The summed E-state index contributed by atoms with van der Waals surface area (Å²) in [4.78, 5) is 28.6. The molecule has 2 atom stereocenters. The summed E-state index contributed by atoms with van der Waals surface area (Å²) >= 11 is 0. The predicted molar refractivity (Wildman–Crippen MR) is 122 cm³/mol. The predicted octanol–water partition coefficient (Wildman–Crippen LogP) is 3.93. The molecule has 1 aliphatic carbocycles. The van der Waals surface area contributed by atoms with Crippen LogP contribution >= 0.6 is 0 Å². The van der Waals surface area contributed by atoms with E-state index in [1.165, 1.54) is 0 Å². The van der Waals surface area contributed by atoms with E-state index in [0.29, 0.717) is 0 Å².